The summed E-state index contributed by atoms with van der Waals surface area (Å²) >= 11 is 0. The highest BCUT2D eigenvalue weighted by molar-refractivity contribution is 5.98. The number of nitrogens with zero attached hydrogens (tertiary/aromatic N) is 1. The van der Waals surface area contributed by atoms with E-state index in [-0.39, 0.29) is 42.8 Å². The Morgan fingerprint density at radius 3 is 2.65 bits per heavy atom. The number of carbonyl (C=O) groups excluding carboxylic acids is 1. The van der Waals surface area contributed by atoms with Gasteiger partial charge in [-0.25, -0.2) is 8.78 Å². The molecule has 1 saturated heterocycles. The lowest BCUT2D eigenvalue weighted by atomic mass is 10.1. The van der Waals surface area contributed by atoms with E-state index < -0.39 is 11.6 Å². The predicted molar refractivity (Wildman–Crippen MR) is 58.3 cm³/mol. The number of anilines is 2. The van der Waals surface area contributed by atoms with Crippen molar-refractivity contribution in [2.45, 2.75) is 6.42 Å². The van der Waals surface area contributed by atoms with Gasteiger partial charge in [0.2, 0.25) is 5.91 Å². The lowest BCUT2D eigenvalue weighted by Gasteiger charge is -2.18. The molecule has 0 saturated carbocycles. The van der Waals surface area contributed by atoms with E-state index in [1.807, 2.05) is 0 Å². The van der Waals surface area contributed by atoms with Crippen LogP contribution in [0.1, 0.15) is 6.42 Å². The number of nitrogens with two attached hydrogens (primary N) is 1. The number of aliphatic hydroxyl groups excluding tert-OH is 1. The van der Waals surface area contributed by atoms with E-state index in [4.69, 9.17) is 10.8 Å². The van der Waals surface area contributed by atoms with Crippen molar-refractivity contribution in [3.8, 4) is 0 Å². The number of rotatable bonds is 2. The highest BCUT2D eigenvalue weighted by Gasteiger charge is 2.31. The SMILES string of the molecule is Nc1cc(F)c(F)cc1N1CC(CO)CC1=O. The Kier molecular flexibility index (Phi) is 2.97. The number of hydrogen-bond donors (Lipinski definition) is 2. The smallest absolute Gasteiger partial charge is 0.227 e. The van der Waals surface area contributed by atoms with E-state index in [0.717, 1.165) is 12.1 Å². The van der Waals surface area contributed by atoms with Crippen LogP contribution in [0.2, 0.25) is 0 Å². The van der Waals surface area contributed by atoms with E-state index in [2.05, 4.69) is 0 Å². The Labute approximate surface area is 96.6 Å². The van der Waals surface area contributed by atoms with Crippen molar-refractivity contribution in [3.63, 3.8) is 0 Å². The van der Waals surface area contributed by atoms with Crippen LogP contribution >= 0.6 is 0 Å². The monoisotopic (exact) mass is 242 g/mol. The maximum Gasteiger partial charge on any atom is 0.227 e. The number of carbonyl (C=O) groups is 1. The molecule has 17 heavy (non-hydrogen) atoms. The largest absolute Gasteiger partial charge is 0.397 e. The van der Waals surface area contributed by atoms with Gasteiger partial charge in [0, 0.05) is 37.6 Å². The molecule has 2 rings (SSSR count). The Morgan fingerprint density at radius 1 is 1.41 bits per heavy atom. The molecule has 1 aliphatic rings. The molecule has 1 aromatic carbocycles. The summed E-state index contributed by atoms with van der Waals surface area (Å²) in [5.74, 6) is -2.53. The second-order valence-corrected chi connectivity index (χ2v) is 4.08. The number of benzene rings is 1. The van der Waals surface area contributed by atoms with E-state index in [0.29, 0.717) is 0 Å². The molecule has 4 nitrogen and oxygen atoms in total. The molecular formula is C11H12F2N2O2. The fraction of sp³-hybridized carbons (Fsp3) is 0.364. The molecule has 0 aromatic heterocycles. The van der Waals surface area contributed by atoms with Crippen molar-refractivity contribution < 1.29 is 18.7 Å². The zero-order valence-electron chi connectivity index (χ0n) is 8.99. The molecule has 0 spiro atoms. The molecule has 1 fully saturated rings. The van der Waals surface area contributed by atoms with Crippen molar-refractivity contribution in [3.05, 3.63) is 23.8 Å². The number of aliphatic hydroxyl groups is 1. The Bertz CT molecular complexity index is 465. The molecule has 1 atom stereocenters. The van der Waals surface area contributed by atoms with Gasteiger partial charge in [-0.2, -0.15) is 0 Å². The van der Waals surface area contributed by atoms with Gasteiger partial charge in [-0.3, -0.25) is 4.79 Å². The summed E-state index contributed by atoms with van der Waals surface area (Å²) in [6, 6.07) is 1.76. The van der Waals surface area contributed by atoms with Crippen LogP contribution in [0.5, 0.6) is 0 Å². The van der Waals surface area contributed by atoms with Crippen LogP contribution < -0.4 is 10.6 Å². The molecule has 1 amide bonds. The minimum absolute atomic E-state index is 0.0100. The summed E-state index contributed by atoms with van der Waals surface area (Å²) in [4.78, 5) is 12.9. The first-order valence-electron chi connectivity index (χ1n) is 5.18. The normalized spacial score (nSPS) is 20.1. The molecule has 0 bridgehead atoms. The lowest BCUT2D eigenvalue weighted by Crippen LogP contribution is -2.26. The summed E-state index contributed by atoms with van der Waals surface area (Å²) in [5, 5.41) is 8.97. The van der Waals surface area contributed by atoms with Gasteiger partial charge in [-0.1, -0.05) is 0 Å². The van der Waals surface area contributed by atoms with Crippen molar-refractivity contribution in [2.75, 3.05) is 23.8 Å². The molecule has 6 heteroatoms. The highest BCUT2D eigenvalue weighted by atomic mass is 19.2. The summed E-state index contributed by atoms with van der Waals surface area (Å²) in [7, 11) is 0. The third-order valence-electron chi connectivity index (χ3n) is 2.82. The molecular weight excluding hydrogens is 230 g/mol. The van der Waals surface area contributed by atoms with E-state index in [1.54, 1.807) is 0 Å². The van der Waals surface area contributed by atoms with Crippen LogP contribution in [0.3, 0.4) is 0 Å². The summed E-state index contributed by atoms with van der Waals surface area (Å²) in [5.41, 5.74) is 5.72. The molecule has 1 unspecified atom stereocenters. The van der Waals surface area contributed by atoms with Gasteiger partial charge in [-0.05, 0) is 0 Å². The average Bonchev–Trinajstić information content (AvgIpc) is 2.65. The summed E-state index contributed by atoms with van der Waals surface area (Å²) < 4.78 is 26.0. The van der Waals surface area contributed by atoms with Crippen molar-refractivity contribution in [2.24, 2.45) is 5.92 Å². The van der Waals surface area contributed by atoms with Gasteiger partial charge in [-0.15, -0.1) is 0 Å². The van der Waals surface area contributed by atoms with Crippen LogP contribution in [0.15, 0.2) is 12.1 Å². The third-order valence-corrected chi connectivity index (χ3v) is 2.82. The fourth-order valence-corrected chi connectivity index (χ4v) is 1.92. The first-order chi connectivity index (χ1) is 8.02. The fourth-order valence-electron chi connectivity index (χ4n) is 1.92. The second kappa shape index (κ2) is 4.29. The minimum atomic E-state index is -1.05. The second-order valence-electron chi connectivity index (χ2n) is 4.08. The molecule has 0 radical (unpaired) electrons. The lowest BCUT2D eigenvalue weighted by molar-refractivity contribution is -0.117. The highest BCUT2D eigenvalue weighted by Crippen LogP contribution is 2.31. The Morgan fingerprint density at radius 2 is 2.06 bits per heavy atom. The Hall–Kier alpha value is -1.69. The van der Waals surface area contributed by atoms with Gasteiger partial charge < -0.3 is 15.7 Å². The van der Waals surface area contributed by atoms with Crippen LogP contribution in [0.4, 0.5) is 20.2 Å². The van der Waals surface area contributed by atoms with E-state index in [1.165, 1.54) is 4.90 Å². The Balaban J connectivity index is 2.35. The van der Waals surface area contributed by atoms with Gasteiger partial charge in [0.25, 0.3) is 0 Å². The van der Waals surface area contributed by atoms with Crippen molar-refractivity contribution >= 4 is 17.3 Å². The first kappa shape index (κ1) is 11.8. The predicted octanol–water partition coefficient (Wildman–Crippen LogP) is 0.892. The van der Waals surface area contributed by atoms with Crippen LogP contribution in [-0.4, -0.2) is 24.2 Å². The number of halogens is 2. The van der Waals surface area contributed by atoms with Crippen LogP contribution in [0.25, 0.3) is 0 Å². The summed E-state index contributed by atoms with van der Waals surface area (Å²) in [6.07, 6.45) is 0.189. The zero-order chi connectivity index (χ0) is 12.6. The molecule has 1 aromatic rings. The van der Waals surface area contributed by atoms with Gasteiger partial charge in [0.15, 0.2) is 11.6 Å². The number of hydrogen-bond acceptors (Lipinski definition) is 3. The number of nitrogen functional groups attached to an aromatic ring is 1. The van der Waals surface area contributed by atoms with Gasteiger partial charge >= 0.3 is 0 Å². The first-order valence-corrected chi connectivity index (χ1v) is 5.18. The molecule has 0 aliphatic carbocycles. The molecule has 1 aliphatic heterocycles. The standard InChI is InChI=1S/C11H12F2N2O2/c12-7-2-9(14)10(3-8(7)13)15-4-6(5-16)1-11(15)17/h2-3,6,16H,1,4-5,14H2. The molecule has 3 N–H and O–H groups in total. The van der Waals surface area contributed by atoms with Gasteiger partial charge in [0.05, 0.1) is 11.4 Å². The van der Waals surface area contributed by atoms with E-state index >= 15 is 0 Å². The third kappa shape index (κ3) is 2.08. The van der Waals surface area contributed by atoms with E-state index in [9.17, 15) is 13.6 Å². The minimum Gasteiger partial charge on any atom is -0.397 e. The van der Waals surface area contributed by atoms with Crippen molar-refractivity contribution in [1.82, 2.24) is 0 Å². The zero-order valence-corrected chi connectivity index (χ0v) is 8.99. The maximum atomic E-state index is 13.1. The van der Waals surface area contributed by atoms with Crippen LogP contribution in [0, 0.1) is 17.6 Å². The molecule has 1 heterocycles. The number of amides is 1. The average molecular weight is 242 g/mol. The van der Waals surface area contributed by atoms with Crippen LogP contribution in [-0.2, 0) is 4.79 Å². The van der Waals surface area contributed by atoms with Crippen molar-refractivity contribution in [1.29, 1.82) is 0 Å². The quantitative estimate of drug-likeness (QED) is 0.757. The topological polar surface area (TPSA) is 66.6 Å². The summed E-state index contributed by atoms with van der Waals surface area (Å²) in [6.45, 7) is 0.149. The molecule has 92 valence electrons. The van der Waals surface area contributed by atoms with Gasteiger partial charge in [0.1, 0.15) is 0 Å². The maximum absolute atomic E-state index is 13.1.